The predicted molar refractivity (Wildman–Crippen MR) is 156 cm³/mol. The highest BCUT2D eigenvalue weighted by Gasteiger charge is 2.12. The number of amides is 3. The Kier molecular flexibility index (Phi) is 11.9. The number of para-hydroxylation sites is 2. The molecule has 0 heterocycles. The molecule has 220 valence electrons. The molecule has 0 aliphatic heterocycles. The van der Waals surface area contributed by atoms with Crippen LogP contribution < -0.4 is 30.3 Å². The van der Waals surface area contributed by atoms with E-state index in [1.54, 1.807) is 73.7 Å². The number of hydrazone groups is 1. The summed E-state index contributed by atoms with van der Waals surface area (Å²) < 4.78 is 21.1. The molecule has 0 saturated carbocycles. The standard InChI is InChI=1S/C30H32N4O8/c1-4-41-30(38)21-10-12-22(13-11-21)32-29(37)19-42-25-14-9-20(17-26(25)40-3)18-31-34-28(36)16-15-27(35)33-23-7-5-6-8-24(23)39-2/h5-14,17-18H,4,15-16,19H2,1-3H3,(H,32,37)(H,33,35)(H,34,36). The van der Waals surface area contributed by atoms with E-state index in [9.17, 15) is 19.2 Å². The van der Waals surface area contributed by atoms with Gasteiger partial charge in [0, 0.05) is 18.5 Å². The van der Waals surface area contributed by atoms with E-state index in [2.05, 4.69) is 21.2 Å². The van der Waals surface area contributed by atoms with E-state index in [4.69, 9.17) is 18.9 Å². The molecule has 12 nitrogen and oxygen atoms in total. The number of hydrogen-bond donors (Lipinski definition) is 3. The van der Waals surface area contributed by atoms with Crippen molar-refractivity contribution in [2.24, 2.45) is 5.10 Å². The van der Waals surface area contributed by atoms with Gasteiger partial charge in [-0.3, -0.25) is 14.4 Å². The van der Waals surface area contributed by atoms with Gasteiger partial charge in [-0.2, -0.15) is 5.10 Å². The minimum absolute atomic E-state index is 0.0360. The molecule has 0 saturated heterocycles. The Morgan fingerprint density at radius 3 is 2.21 bits per heavy atom. The molecule has 0 fully saturated rings. The van der Waals surface area contributed by atoms with Crippen LogP contribution in [0, 0.1) is 0 Å². The summed E-state index contributed by atoms with van der Waals surface area (Å²) in [6.07, 6.45) is 1.31. The van der Waals surface area contributed by atoms with Crippen molar-refractivity contribution < 1.29 is 38.1 Å². The summed E-state index contributed by atoms with van der Waals surface area (Å²) in [7, 11) is 2.95. The van der Waals surface area contributed by atoms with Crippen LogP contribution >= 0.6 is 0 Å². The van der Waals surface area contributed by atoms with Crippen molar-refractivity contribution >= 4 is 41.3 Å². The summed E-state index contributed by atoms with van der Waals surface area (Å²) in [5.74, 6) is -0.418. The summed E-state index contributed by atoms with van der Waals surface area (Å²) in [5, 5.41) is 9.31. The third kappa shape index (κ3) is 9.66. The van der Waals surface area contributed by atoms with Crippen LogP contribution in [0.4, 0.5) is 11.4 Å². The van der Waals surface area contributed by atoms with Gasteiger partial charge in [0.05, 0.1) is 38.3 Å². The first-order chi connectivity index (χ1) is 20.3. The topological polar surface area (TPSA) is 154 Å². The Balaban J connectivity index is 1.44. The van der Waals surface area contributed by atoms with Gasteiger partial charge in [-0.1, -0.05) is 12.1 Å². The van der Waals surface area contributed by atoms with Crippen LogP contribution in [-0.4, -0.2) is 57.3 Å². The average Bonchev–Trinajstić information content (AvgIpc) is 3.00. The largest absolute Gasteiger partial charge is 0.495 e. The Bertz CT molecular complexity index is 1420. The zero-order valence-electron chi connectivity index (χ0n) is 23.5. The molecule has 0 aromatic heterocycles. The third-order valence-electron chi connectivity index (χ3n) is 5.59. The molecule has 0 aliphatic rings. The van der Waals surface area contributed by atoms with Crippen LogP contribution in [0.1, 0.15) is 35.7 Å². The second kappa shape index (κ2) is 16.0. The lowest BCUT2D eigenvalue weighted by Gasteiger charge is -2.11. The highest BCUT2D eigenvalue weighted by atomic mass is 16.5. The molecule has 0 atom stereocenters. The Hall–Kier alpha value is -5.39. The number of carbonyl (C=O) groups excluding carboxylic acids is 4. The second-order valence-electron chi connectivity index (χ2n) is 8.59. The molecule has 3 aromatic carbocycles. The molecule has 3 N–H and O–H groups in total. The van der Waals surface area contributed by atoms with Gasteiger partial charge in [0.15, 0.2) is 18.1 Å². The van der Waals surface area contributed by atoms with Gasteiger partial charge in [0.2, 0.25) is 11.8 Å². The zero-order valence-corrected chi connectivity index (χ0v) is 23.5. The first-order valence-corrected chi connectivity index (χ1v) is 13.0. The minimum atomic E-state index is -0.438. The predicted octanol–water partition coefficient (Wildman–Crippen LogP) is 3.77. The number of nitrogens with zero attached hydrogens (tertiary/aromatic N) is 1. The van der Waals surface area contributed by atoms with Crippen molar-refractivity contribution in [2.75, 3.05) is 38.1 Å². The highest BCUT2D eigenvalue weighted by Crippen LogP contribution is 2.27. The van der Waals surface area contributed by atoms with Crippen LogP contribution in [0.5, 0.6) is 17.2 Å². The maximum absolute atomic E-state index is 12.3. The fourth-order valence-corrected chi connectivity index (χ4v) is 3.55. The van der Waals surface area contributed by atoms with Crippen LogP contribution in [-0.2, 0) is 19.1 Å². The number of benzene rings is 3. The van der Waals surface area contributed by atoms with Gasteiger partial charge in [-0.15, -0.1) is 0 Å². The van der Waals surface area contributed by atoms with Crippen molar-refractivity contribution in [1.82, 2.24) is 5.43 Å². The molecule has 0 unspecified atom stereocenters. The zero-order chi connectivity index (χ0) is 30.3. The summed E-state index contributed by atoms with van der Waals surface area (Å²) in [4.78, 5) is 48.4. The van der Waals surface area contributed by atoms with E-state index in [-0.39, 0.29) is 32.0 Å². The lowest BCUT2D eigenvalue weighted by Crippen LogP contribution is -2.21. The summed E-state index contributed by atoms with van der Waals surface area (Å²) in [5.41, 5.74) is 4.37. The molecule has 3 amide bonds. The van der Waals surface area contributed by atoms with E-state index >= 15 is 0 Å². The van der Waals surface area contributed by atoms with Crippen molar-refractivity contribution in [3.8, 4) is 17.2 Å². The molecule has 42 heavy (non-hydrogen) atoms. The van der Waals surface area contributed by atoms with Crippen molar-refractivity contribution in [3.63, 3.8) is 0 Å². The van der Waals surface area contributed by atoms with Crippen molar-refractivity contribution in [1.29, 1.82) is 0 Å². The van der Waals surface area contributed by atoms with Gasteiger partial charge in [0.1, 0.15) is 5.75 Å². The minimum Gasteiger partial charge on any atom is -0.495 e. The summed E-state index contributed by atoms with van der Waals surface area (Å²) in [6, 6.07) is 18.2. The molecule has 0 aliphatic carbocycles. The second-order valence-corrected chi connectivity index (χ2v) is 8.59. The van der Waals surface area contributed by atoms with E-state index in [1.165, 1.54) is 20.4 Å². The number of ether oxygens (including phenoxy) is 4. The van der Waals surface area contributed by atoms with E-state index in [0.29, 0.717) is 39.8 Å². The molecule has 12 heteroatoms. The fraction of sp³-hybridized carbons (Fsp3) is 0.233. The number of methoxy groups -OCH3 is 2. The van der Waals surface area contributed by atoms with Crippen LogP contribution in [0.2, 0.25) is 0 Å². The number of carbonyl (C=O) groups is 4. The normalized spacial score (nSPS) is 10.5. The lowest BCUT2D eigenvalue weighted by atomic mass is 10.2. The van der Waals surface area contributed by atoms with E-state index in [0.717, 1.165) is 0 Å². The first-order valence-electron chi connectivity index (χ1n) is 13.0. The van der Waals surface area contributed by atoms with Gasteiger partial charge in [-0.25, -0.2) is 10.2 Å². The monoisotopic (exact) mass is 576 g/mol. The SMILES string of the molecule is CCOC(=O)c1ccc(NC(=O)COc2ccc(C=NNC(=O)CCC(=O)Nc3ccccc3OC)cc2OC)cc1. The van der Waals surface area contributed by atoms with E-state index < -0.39 is 17.8 Å². The first kappa shape index (κ1) is 31.1. The van der Waals surface area contributed by atoms with Crippen molar-refractivity contribution in [3.05, 3.63) is 77.9 Å². The maximum Gasteiger partial charge on any atom is 0.338 e. The number of esters is 1. The summed E-state index contributed by atoms with van der Waals surface area (Å²) in [6.45, 7) is 1.71. The van der Waals surface area contributed by atoms with Gasteiger partial charge in [-0.05, 0) is 67.1 Å². The fourth-order valence-electron chi connectivity index (χ4n) is 3.55. The molecule has 0 spiro atoms. The molecular weight excluding hydrogens is 544 g/mol. The number of hydrogen-bond acceptors (Lipinski definition) is 9. The quantitative estimate of drug-likeness (QED) is 0.149. The molecule has 3 rings (SSSR count). The summed E-state index contributed by atoms with van der Waals surface area (Å²) >= 11 is 0. The molecule has 0 radical (unpaired) electrons. The van der Waals surface area contributed by atoms with Gasteiger partial charge >= 0.3 is 5.97 Å². The Morgan fingerprint density at radius 1 is 0.786 bits per heavy atom. The van der Waals surface area contributed by atoms with Gasteiger partial charge in [0.25, 0.3) is 5.91 Å². The number of rotatable bonds is 14. The van der Waals surface area contributed by atoms with Crippen LogP contribution in [0.15, 0.2) is 71.8 Å². The van der Waals surface area contributed by atoms with Gasteiger partial charge < -0.3 is 29.6 Å². The number of anilines is 2. The third-order valence-corrected chi connectivity index (χ3v) is 5.59. The Labute approximate surface area is 243 Å². The average molecular weight is 577 g/mol. The molecular formula is C30H32N4O8. The smallest absolute Gasteiger partial charge is 0.338 e. The van der Waals surface area contributed by atoms with Crippen LogP contribution in [0.25, 0.3) is 0 Å². The Morgan fingerprint density at radius 2 is 1.50 bits per heavy atom. The van der Waals surface area contributed by atoms with Crippen LogP contribution in [0.3, 0.4) is 0 Å². The van der Waals surface area contributed by atoms with Crippen molar-refractivity contribution in [2.45, 2.75) is 19.8 Å². The molecule has 0 bridgehead atoms. The number of nitrogens with one attached hydrogen (secondary N) is 3. The lowest BCUT2D eigenvalue weighted by molar-refractivity contribution is -0.124. The molecule has 3 aromatic rings. The maximum atomic E-state index is 12.3. The highest BCUT2D eigenvalue weighted by molar-refractivity contribution is 5.95. The van der Waals surface area contributed by atoms with E-state index in [1.807, 2.05) is 0 Å².